The van der Waals surface area contributed by atoms with Crippen molar-refractivity contribution in [1.82, 2.24) is 0 Å². The summed E-state index contributed by atoms with van der Waals surface area (Å²) < 4.78 is 25.2. The predicted molar refractivity (Wildman–Crippen MR) is 63.3 cm³/mol. The van der Waals surface area contributed by atoms with E-state index in [2.05, 4.69) is 0 Å². The van der Waals surface area contributed by atoms with Gasteiger partial charge in [0, 0.05) is 5.56 Å². The molecule has 0 heterocycles. The highest BCUT2D eigenvalue weighted by Gasteiger charge is 2.17. The molecule has 0 aromatic heterocycles. The molecular weight excluding hydrogens is 222 g/mol. The van der Waals surface area contributed by atoms with Crippen LogP contribution < -0.4 is 0 Å². The molecule has 1 saturated carbocycles. The maximum Gasteiger partial charge on any atom is 0.263 e. The summed E-state index contributed by atoms with van der Waals surface area (Å²) >= 11 is 0. The van der Waals surface area contributed by atoms with Crippen molar-refractivity contribution >= 4 is 0 Å². The van der Waals surface area contributed by atoms with E-state index in [1.54, 1.807) is 0 Å². The molecule has 2 rings (SSSR count). The maximum atomic E-state index is 12.6. The van der Waals surface area contributed by atoms with Crippen LogP contribution in [-0.4, -0.2) is 5.11 Å². The monoisotopic (exact) mass is 240 g/mol. The third kappa shape index (κ3) is 3.18. The Hall–Kier alpha value is -1.12. The molecular formula is C14H18F2O. The molecule has 0 bridgehead atoms. The summed E-state index contributed by atoms with van der Waals surface area (Å²) in [6, 6.07) is 4.14. The van der Waals surface area contributed by atoms with E-state index in [-0.39, 0.29) is 11.3 Å². The highest BCUT2D eigenvalue weighted by atomic mass is 19.3. The largest absolute Gasteiger partial charge is 0.508 e. The molecule has 1 aromatic rings. The van der Waals surface area contributed by atoms with Gasteiger partial charge in [-0.15, -0.1) is 0 Å². The maximum absolute atomic E-state index is 12.6. The van der Waals surface area contributed by atoms with Crippen LogP contribution in [0.3, 0.4) is 0 Å². The van der Waals surface area contributed by atoms with Crippen molar-refractivity contribution in [3.05, 3.63) is 29.3 Å². The Labute approximate surface area is 100 Å². The minimum absolute atomic E-state index is 0.00797. The zero-order chi connectivity index (χ0) is 12.3. The quantitative estimate of drug-likeness (QED) is 0.827. The minimum atomic E-state index is -2.46. The Morgan fingerprint density at radius 3 is 2.53 bits per heavy atom. The number of hydrogen-bond acceptors (Lipinski definition) is 1. The van der Waals surface area contributed by atoms with Crippen molar-refractivity contribution in [3.63, 3.8) is 0 Å². The van der Waals surface area contributed by atoms with Crippen molar-refractivity contribution in [3.8, 4) is 5.75 Å². The van der Waals surface area contributed by atoms with Crippen LogP contribution in [-0.2, 0) is 6.42 Å². The lowest BCUT2D eigenvalue weighted by Crippen LogP contribution is -2.09. The molecule has 1 aliphatic rings. The second-order valence-electron chi connectivity index (χ2n) is 4.90. The topological polar surface area (TPSA) is 20.2 Å². The molecule has 0 atom stereocenters. The summed E-state index contributed by atoms with van der Waals surface area (Å²) in [7, 11) is 0. The van der Waals surface area contributed by atoms with Gasteiger partial charge in [-0.2, -0.15) is 0 Å². The number of alkyl halides is 2. The number of hydrogen-bond donors (Lipinski definition) is 1. The van der Waals surface area contributed by atoms with Gasteiger partial charge in [0.15, 0.2) is 0 Å². The minimum Gasteiger partial charge on any atom is -0.508 e. The summed E-state index contributed by atoms with van der Waals surface area (Å²) in [6.45, 7) is 0. The number of phenolic OH excluding ortho intramolecular Hbond substituents is 1. The van der Waals surface area contributed by atoms with Crippen LogP contribution in [0.25, 0.3) is 0 Å². The fourth-order valence-electron chi connectivity index (χ4n) is 2.61. The Balaban J connectivity index is 2.10. The van der Waals surface area contributed by atoms with E-state index in [0.717, 1.165) is 19.3 Å². The number of phenols is 1. The molecule has 0 spiro atoms. The lowest BCUT2D eigenvalue weighted by molar-refractivity contribution is 0.151. The summed E-state index contributed by atoms with van der Waals surface area (Å²) in [6.07, 6.45) is 4.29. The van der Waals surface area contributed by atoms with E-state index in [9.17, 15) is 13.9 Å². The van der Waals surface area contributed by atoms with Crippen LogP contribution in [0, 0.1) is 5.92 Å². The van der Waals surface area contributed by atoms with Crippen molar-refractivity contribution in [2.24, 2.45) is 5.92 Å². The van der Waals surface area contributed by atoms with Crippen LogP contribution >= 0.6 is 0 Å². The van der Waals surface area contributed by atoms with Crippen LogP contribution in [0.5, 0.6) is 5.75 Å². The van der Waals surface area contributed by atoms with Crippen molar-refractivity contribution < 1.29 is 13.9 Å². The third-order valence-electron chi connectivity index (χ3n) is 3.59. The first kappa shape index (κ1) is 12.3. The standard InChI is InChI=1S/C14H18F2O/c15-14(16)11-6-7-13(17)12(9-11)8-10-4-2-1-3-5-10/h6-7,9-10,14,17H,1-5,8H2. The van der Waals surface area contributed by atoms with Gasteiger partial charge in [-0.1, -0.05) is 32.1 Å². The van der Waals surface area contributed by atoms with Gasteiger partial charge in [0.2, 0.25) is 0 Å². The molecule has 0 amide bonds. The average Bonchev–Trinajstić information content (AvgIpc) is 2.33. The lowest BCUT2D eigenvalue weighted by atomic mass is 9.84. The van der Waals surface area contributed by atoms with E-state index in [1.165, 1.54) is 37.5 Å². The average molecular weight is 240 g/mol. The molecule has 1 aliphatic carbocycles. The van der Waals surface area contributed by atoms with Gasteiger partial charge in [0.25, 0.3) is 6.43 Å². The number of rotatable bonds is 3. The molecule has 1 N–H and O–H groups in total. The Kier molecular flexibility index (Phi) is 3.97. The number of halogens is 2. The smallest absolute Gasteiger partial charge is 0.263 e. The van der Waals surface area contributed by atoms with Gasteiger partial charge in [-0.3, -0.25) is 0 Å². The van der Waals surface area contributed by atoms with E-state index >= 15 is 0 Å². The SMILES string of the molecule is Oc1ccc(C(F)F)cc1CC1CCCCC1. The fourth-order valence-corrected chi connectivity index (χ4v) is 2.61. The zero-order valence-corrected chi connectivity index (χ0v) is 9.83. The van der Waals surface area contributed by atoms with Crippen LogP contribution in [0.2, 0.25) is 0 Å². The predicted octanol–water partition coefficient (Wildman–Crippen LogP) is 4.45. The van der Waals surface area contributed by atoms with Crippen LogP contribution in [0.1, 0.15) is 49.7 Å². The summed E-state index contributed by atoms with van der Waals surface area (Å²) in [5, 5.41) is 9.70. The third-order valence-corrected chi connectivity index (χ3v) is 3.59. The van der Waals surface area contributed by atoms with Gasteiger partial charge in [0.05, 0.1) is 0 Å². The van der Waals surface area contributed by atoms with Crippen molar-refractivity contribution in [1.29, 1.82) is 0 Å². The first-order valence-corrected chi connectivity index (χ1v) is 6.27. The lowest BCUT2D eigenvalue weighted by Gasteiger charge is -2.22. The van der Waals surface area contributed by atoms with E-state index < -0.39 is 6.43 Å². The molecule has 1 aromatic carbocycles. The molecule has 94 valence electrons. The fraction of sp³-hybridized carbons (Fsp3) is 0.571. The Morgan fingerprint density at radius 2 is 1.88 bits per heavy atom. The normalized spacial score (nSPS) is 17.6. The van der Waals surface area contributed by atoms with Crippen molar-refractivity contribution in [2.75, 3.05) is 0 Å². The van der Waals surface area contributed by atoms with Crippen molar-refractivity contribution in [2.45, 2.75) is 45.0 Å². The summed E-state index contributed by atoms with van der Waals surface area (Å²) in [4.78, 5) is 0. The van der Waals surface area contributed by atoms with Crippen LogP contribution in [0.15, 0.2) is 18.2 Å². The Morgan fingerprint density at radius 1 is 1.18 bits per heavy atom. The molecule has 3 heteroatoms. The molecule has 0 unspecified atom stereocenters. The van der Waals surface area contributed by atoms with Gasteiger partial charge in [0.1, 0.15) is 5.75 Å². The highest BCUT2D eigenvalue weighted by molar-refractivity contribution is 5.37. The zero-order valence-electron chi connectivity index (χ0n) is 9.83. The van der Waals surface area contributed by atoms with E-state index in [1.807, 2.05) is 0 Å². The second kappa shape index (κ2) is 5.48. The van der Waals surface area contributed by atoms with E-state index in [4.69, 9.17) is 0 Å². The summed E-state index contributed by atoms with van der Waals surface area (Å²) in [5.74, 6) is 0.697. The first-order valence-electron chi connectivity index (χ1n) is 6.27. The van der Waals surface area contributed by atoms with Gasteiger partial charge in [-0.25, -0.2) is 8.78 Å². The van der Waals surface area contributed by atoms with Gasteiger partial charge >= 0.3 is 0 Å². The number of aromatic hydroxyl groups is 1. The van der Waals surface area contributed by atoms with E-state index in [0.29, 0.717) is 11.5 Å². The number of benzene rings is 1. The highest BCUT2D eigenvalue weighted by Crippen LogP contribution is 2.31. The molecule has 1 nitrogen and oxygen atoms in total. The molecule has 0 saturated heterocycles. The first-order chi connectivity index (χ1) is 8.16. The molecule has 1 fully saturated rings. The van der Waals surface area contributed by atoms with Crippen LogP contribution in [0.4, 0.5) is 8.78 Å². The molecule has 0 radical (unpaired) electrons. The van der Waals surface area contributed by atoms with Gasteiger partial charge in [-0.05, 0) is 36.1 Å². The van der Waals surface area contributed by atoms with Gasteiger partial charge < -0.3 is 5.11 Å². The second-order valence-corrected chi connectivity index (χ2v) is 4.90. The summed E-state index contributed by atoms with van der Waals surface area (Å²) in [5.41, 5.74) is 0.684. The molecule has 17 heavy (non-hydrogen) atoms. The molecule has 0 aliphatic heterocycles. The Bertz CT molecular complexity index is 370.